The summed E-state index contributed by atoms with van der Waals surface area (Å²) in [6, 6.07) is 14.0. The zero-order chi connectivity index (χ0) is 22.7. The fourth-order valence-electron chi connectivity index (χ4n) is 3.75. The first-order valence-corrected chi connectivity index (χ1v) is 11.8. The van der Waals surface area contributed by atoms with Crippen LogP contribution < -0.4 is 4.74 Å². The average molecular weight is 452 g/mol. The molecule has 4 rings (SSSR count). The Hall–Kier alpha value is -3.23. The van der Waals surface area contributed by atoms with E-state index in [1.165, 1.54) is 4.31 Å². The zero-order valence-corrected chi connectivity index (χ0v) is 18.7. The number of aryl methyl sites for hydroxylation is 1. The van der Waals surface area contributed by atoms with Crippen LogP contribution in [0.25, 0.3) is 10.9 Å². The van der Waals surface area contributed by atoms with Crippen LogP contribution in [0.2, 0.25) is 0 Å². The third-order valence-electron chi connectivity index (χ3n) is 5.42. The second-order valence-electron chi connectivity index (χ2n) is 7.66. The van der Waals surface area contributed by atoms with Crippen LogP contribution in [0, 0.1) is 6.92 Å². The van der Waals surface area contributed by atoms with Gasteiger partial charge in [0, 0.05) is 43.3 Å². The van der Waals surface area contributed by atoms with Crippen molar-refractivity contribution in [3.8, 4) is 5.75 Å². The topological polar surface area (TPSA) is 79.8 Å². The van der Waals surface area contributed by atoms with Gasteiger partial charge in [-0.2, -0.15) is 4.31 Å². The average Bonchev–Trinajstić information content (AvgIpc) is 2.82. The van der Waals surface area contributed by atoms with Gasteiger partial charge in [0.2, 0.25) is 10.0 Å². The minimum Gasteiger partial charge on any atom is -0.490 e. The Morgan fingerprint density at radius 3 is 2.53 bits per heavy atom. The van der Waals surface area contributed by atoms with E-state index in [1.807, 2.05) is 19.1 Å². The van der Waals surface area contributed by atoms with E-state index in [0.717, 1.165) is 10.9 Å². The summed E-state index contributed by atoms with van der Waals surface area (Å²) in [6.07, 6.45) is 3.33. The highest BCUT2D eigenvalue weighted by Crippen LogP contribution is 2.26. The largest absolute Gasteiger partial charge is 0.490 e. The van der Waals surface area contributed by atoms with Crippen LogP contribution in [-0.4, -0.2) is 61.3 Å². The van der Waals surface area contributed by atoms with Crippen LogP contribution in [0.3, 0.4) is 0 Å². The molecule has 0 bridgehead atoms. The number of piperazine rings is 1. The number of carbonyl (C=O) groups excluding carboxylic acids is 1. The number of amides is 1. The molecule has 0 atom stereocenters. The van der Waals surface area contributed by atoms with E-state index in [0.29, 0.717) is 36.5 Å². The Bertz CT molecular complexity index is 1250. The minimum absolute atomic E-state index is 0.125. The Labute approximate surface area is 188 Å². The van der Waals surface area contributed by atoms with Crippen LogP contribution in [-0.2, 0) is 10.0 Å². The van der Waals surface area contributed by atoms with Gasteiger partial charge in [0.1, 0.15) is 17.3 Å². The standard InChI is InChI=1S/C24H25N3O4S/c1-3-15-31-21-9-7-19(8-10-21)24(28)26-11-13-27(14-12-26)32(29,30)22-6-4-5-20-16-18(2)17-25-23(20)22/h3-10,16-17H,1,11-15H2,2H3. The van der Waals surface area contributed by atoms with Crippen LogP contribution >= 0.6 is 0 Å². The van der Waals surface area contributed by atoms with Crippen molar-refractivity contribution in [1.29, 1.82) is 0 Å². The minimum atomic E-state index is -3.72. The van der Waals surface area contributed by atoms with Gasteiger partial charge in [-0.15, -0.1) is 0 Å². The molecule has 0 N–H and O–H groups in total. The Kier molecular flexibility index (Phi) is 6.25. The third-order valence-corrected chi connectivity index (χ3v) is 7.35. The quantitative estimate of drug-likeness (QED) is 0.538. The number of benzene rings is 2. The molecule has 1 aromatic heterocycles. The van der Waals surface area contributed by atoms with Crippen LogP contribution in [0.4, 0.5) is 0 Å². The van der Waals surface area contributed by atoms with Crippen molar-refractivity contribution in [2.24, 2.45) is 0 Å². The molecule has 2 aromatic carbocycles. The molecule has 1 amide bonds. The molecule has 32 heavy (non-hydrogen) atoms. The number of nitrogens with zero attached hydrogens (tertiary/aromatic N) is 3. The van der Waals surface area contributed by atoms with E-state index in [9.17, 15) is 13.2 Å². The molecule has 1 saturated heterocycles. The molecular weight excluding hydrogens is 426 g/mol. The summed E-state index contributed by atoms with van der Waals surface area (Å²) in [5, 5.41) is 0.792. The molecule has 1 aliphatic heterocycles. The number of fused-ring (bicyclic) bond motifs is 1. The molecule has 8 heteroatoms. The third kappa shape index (κ3) is 4.37. The summed E-state index contributed by atoms with van der Waals surface area (Å²) in [5.74, 6) is 0.538. The molecule has 1 fully saturated rings. The summed E-state index contributed by atoms with van der Waals surface area (Å²) in [6.45, 7) is 7.04. The monoisotopic (exact) mass is 451 g/mol. The Balaban J connectivity index is 1.46. The van der Waals surface area contributed by atoms with Crippen molar-refractivity contribution < 1.29 is 17.9 Å². The van der Waals surface area contributed by atoms with E-state index < -0.39 is 10.0 Å². The van der Waals surface area contributed by atoms with Gasteiger partial charge in [-0.1, -0.05) is 24.8 Å². The van der Waals surface area contributed by atoms with Gasteiger partial charge >= 0.3 is 0 Å². The van der Waals surface area contributed by atoms with Crippen molar-refractivity contribution in [3.05, 3.63) is 78.5 Å². The van der Waals surface area contributed by atoms with Crippen molar-refractivity contribution in [3.63, 3.8) is 0 Å². The van der Waals surface area contributed by atoms with Crippen LogP contribution in [0.1, 0.15) is 15.9 Å². The molecule has 1 aliphatic rings. The molecule has 2 heterocycles. The van der Waals surface area contributed by atoms with E-state index in [1.54, 1.807) is 53.6 Å². The Morgan fingerprint density at radius 2 is 1.84 bits per heavy atom. The van der Waals surface area contributed by atoms with Crippen LogP contribution in [0.15, 0.2) is 72.3 Å². The van der Waals surface area contributed by atoms with Gasteiger partial charge in [-0.25, -0.2) is 8.42 Å². The lowest BCUT2D eigenvalue weighted by molar-refractivity contribution is 0.0698. The van der Waals surface area contributed by atoms with E-state index in [4.69, 9.17) is 4.74 Å². The molecule has 166 valence electrons. The first-order valence-electron chi connectivity index (χ1n) is 10.4. The van der Waals surface area contributed by atoms with Crippen LogP contribution in [0.5, 0.6) is 5.75 Å². The number of sulfonamides is 1. The number of rotatable bonds is 6. The molecule has 0 unspecified atom stereocenters. The number of pyridine rings is 1. The molecule has 0 aliphatic carbocycles. The number of hydrogen-bond acceptors (Lipinski definition) is 5. The fraction of sp³-hybridized carbons (Fsp3) is 0.250. The highest BCUT2D eigenvalue weighted by Gasteiger charge is 2.31. The molecule has 0 saturated carbocycles. The summed E-state index contributed by atoms with van der Waals surface area (Å²) < 4.78 is 33.5. The normalized spacial score (nSPS) is 15.0. The summed E-state index contributed by atoms with van der Waals surface area (Å²) in [5.41, 5.74) is 1.98. The number of ether oxygens (including phenoxy) is 1. The summed E-state index contributed by atoms with van der Waals surface area (Å²) in [4.78, 5) is 19.1. The lowest BCUT2D eigenvalue weighted by Crippen LogP contribution is -2.50. The van der Waals surface area contributed by atoms with Gasteiger partial charge in [-0.05, 0) is 48.9 Å². The molecule has 0 spiro atoms. The molecule has 7 nitrogen and oxygen atoms in total. The zero-order valence-electron chi connectivity index (χ0n) is 17.9. The summed E-state index contributed by atoms with van der Waals surface area (Å²) in [7, 11) is -3.72. The molecule has 3 aromatic rings. The van der Waals surface area contributed by atoms with Crippen molar-refractivity contribution >= 4 is 26.8 Å². The SMILES string of the molecule is C=CCOc1ccc(C(=O)N2CCN(S(=O)(=O)c3cccc4cc(C)cnc34)CC2)cc1. The molecular formula is C24H25N3O4S. The van der Waals surface area contributed by atoms with Gasteiger partial charge in [0.05, 0.1) is 5.52 Å². The number of hydrogen-bond donors (Lipinski definition) is 0. The van der Waals surface area contributed by atoms with E-state index >= 15 is 0 Å². The molecule has 0 radical (unpaired) electrons. The lowest BCUT2D eigenvalue weighted by Gasteiger charge is -2.34. The first kappa shape index (κ1) is 22.0. The summed E-state index contributed by atoms with van der Waals surface area (Å²) >= 11 is 0. The van der Waals surface area contributed by atoms with Gasteiger partial charge in [-0.3, -0.25) is 9.78 Å². The maximum atomic E-state index is 13.3. The highest BCUT2D eigenvalue weighted by molar-refractivity contribution is 7.89. The predicted molar refractivity (Wildman–Crippen MR) is 123 cm³/mol. The number of para-hydroxylation sites is 1. The van der Waals surface area contributed by atoms with Crippen molar-refractivity contribution in [1.82, 2.24) is 14.2 Å². The smallest absolute Gasteiger partial charge is 0.253 e. The maximum Gasteiger partial charge on any atom is 0.253 e. The van der Waals surface area contributed by atoms with Crippen molar-refractivity contribution in [2.75, 3.05) is 32.8 Å². The lowest BCUT2D eigenvalue weighted by atomic mass is 10.2. The predicted octanol–water partition coefficient (Wildman–Crippen LogP) is 3.25. The number of aromatic nitrogens is 1. The fourth-order valence-corrected chi connectivity index (χ4v) is 5.34. The van der Waals surface area contributed by atoms with E-state index in [2.05, 4.69) is 11.6 Å². The maximum absolute atomic E-state index is 13.3. The second kappa shape index (κ2) is 9.10. The van der Waals surface area contributed by atoms with Crippen molar-refractivity contribution in [2.45, 2.75) is 11.8 Å². The van der Waals surface area contributed by atoms with Gasteiger partial charge in [0.15, 0.2) is 0 Å². The van der Waals surface area contributed by atoms with Gasteiger partial charge < -0.3 is 9.64 Å². The first-order chi connectivity index (χ1) is 15.4. The van der Waals surface area contributed by atoms with Gasteiger partial charge in [0.25, 0.3) is 5.91 Å². The number of carbonyl (C=O) groups is 1. The van der Waals surface area contributed by atoms with E-state index in [-0.39, 0.29) is 23.9 Å². The second-order valence-corrected chi connectivity index (χ2v) is 9.57. The highest BCUT2D eigenvalue weighted by atomic mass is 32.2. The Morgan fingerprint density at radius 1 is 1.12 bits per heavy atom.